The van der Waals surface area contributed by atoms with Gasteiger partial charge in [0.25, 0.3) is 0 Å². The van der Waals surface area contributed by atoms with Gasteiger partial charge in [0.05, 0.1) is 11.9 Å². The highest BCUT2D eigenvalue weighted by Gasteiger charge is 1.93. The minimum absolute atomic E-state index is 0.646. The molecule has 0 aliphatic rings. The van der Waals surface area contributed by atoms with Gasteiger partial charge in [0.2, 0.25) is 0 Å². The van der Waals surface area contributed by atoms with Crippen LogP contribution in [-0.4, -0.2) is 17.2 Å². The highest BCUT2D eigenvalue weighted by Crippen LogP contribution is 2.09. The van der Waals surface area contributed by atoms with Crippen LogP contribution in [0.25, 0.3) is 0 Å². The van der Waals surface area contributed by atoms with Crippen molar-refractivity contribution in [3.63, 3.8) is 0 Å². The molecule has 0 saturated carbocycles. The van der Waals surface area contributed by atoms with Gasteiger partial charge in [-0.1, -0.05) is 0 Å². The molecule has 0 spiro atoms. The largest absolute Gasteiger partial charge is 0.394 e. The highest BCUT2D eigenvalue weighted by atomic mass is 15.2. The van der Waals surface area contributed by atoms with E-state index >= 15 is 0 Å². The normalized spacial score (nSPS) is 9.12. The molecular weight excluding hydrogens is 104 g/mol. The summed E-state index contributed by atoms with van der Waals surface area (Å²) in [4.78, 5) is 0. The molecule has 1 aromatic rings. The first kappa shape index (κ1) is 4.96. The molecule has 0 bridgehead atoms. The van der Waals surface area contributed by atoms with Crippen molar-refractivity contribution in [1.82, 2.24) is 10.2 Å². The second-order valence-corrected chi connectivity index (χ2v) is 1.45. The second-order valence-electron chi connectivity index (χ2n) is 1.45. The van der Waals surface area contributed by atoms with Crippen LogP contribution < -0.4 is 11.1 Å². The summed E-state index contributed by atoms with van der Waals surface area (Å²) in [7, 11) is 1.78. The van der Waals surface area contributed by atoms with Crippen LogP contribution in [0.15, 0.2) is 6.20 Å². The number of hydrogen-bond donors (Lipinski definition) is 3. The number of nitrogens with one attached hydrogen (secondary N) is 2. The summed E-state index contributed by atoms with van der Waals surface area (Å²) in [6.07, 6.45) is 1.56. The van der Waals surface area contributed by atoms with Crippen molar-refractivity contribution in [3.8, 4) is 0 Å². The number of H-pyrrole nitrogens is 1. The van der Waals surface area contributed by atoms with Crippen LogP contribution in [0.3, 0.4) is 0 Å². The maximum atomic E-state index is 5.39. The smallest absolute Gasteiger partial charge is 0.144 e. The maximum absolute atomic E-state index is 5.39. The number of hydrogen-bond acceptors (Lipinski definition) is 3. The molecule has 4 nitrogen and oxygen atoms in total. The number of nitrogens with zero attached hydrogens (tertiary/aromatic N) is 1. The summed E-state index contributed by atoms with van der Waals surface area (Å²) in [5, 5.41) is 9.18. The summed E-state index contributed by atoms with van der Waals surface area (Å²) in [6, 6.07) is 0. The molecule has 8 heavy (non-hydrogen) atoms. The first-order valence-corrected chi connectivity index (χ1v) is 2.31. The first-order valence-electron chi connectivity index (χ1n) is 2.31. The van der Waals surface area contributed by atoms with Gasteiger partial charge in [-0.25, -0.2) is 0 Å². The molecule has 1 heterocycles. The van der Waals surface area contributed by atoms with Crippen molar-refractivity contribution in [2.24, 2.45) is 0 Å². The van der Waals surface area contributed by atoms with E-state index in [1.165, 1.54) is 0 Å². The fourth-order valence-corrected chi connectivity index (χ4v) is 0.496. The molecule has 0 aliphatic heterocycles. The van der Waals surface area contributed by atoms with Crippen molar-refractivity contribution in [1.29, 1.82) is 0 Å². The average molecular weight is 112 g/mol. The van der Waals surface area contributed by atoms with Gasteiger partial charge >= 0.3 is 0 Å². The van der Waals surface area contributed by atoms with E-state index in [9.17, 15) is 0 Å². The summed E-state index contributed by atoms with van der Waals surface area (Å²) in [5.41, 5.74) is 6.04. The Bertz CT molecular complexity index is 168. The molecule has 0 radical (unpaired) electrons. The van der Waals surface area contributed by atoms with E-state index in [0.29, 0.717) is 5.69 Å². The molecule has 44 valence electrons. The quantitative estimate of drug-likeness (QED) is 0.480. The van der Waals surface area contributed by atoms with Crippen molar-refractivity contribution in [3.05, 3.63) is 6.20 Å². The average Bonchev–Trinajstić information content (AvgIpc) is 2.14. The Labute approximate surface area is 47.1 Å². The van der Waals surface area contributed by atoms with Crippen LogP contribution >= 0.6 is 0 Å². The van der Waals surface area contributed by atoms with E-state index < -0.39 is 0 Å². The van der Waals surface area contributed by atoms with E-state index in [-0.39, 0.29) is 0 Å². The minimum atomic E-state index is 0.646. The maximum Gasteiger partial charge on any atom is 0.144 e. The Hall–Kier alpha value is -1.19. The number of anilines is 2. The fraction of sp³-hybridized carbons (Fsp3) is 0.250. The van der Waals surface area contributed by atoms with Crippen LogP contribution in [-0.2, 0) is 0 Å². The second kappa shape index (κ2) is 1.73. The van der Waals surface area contributed by atoms with Crippen LogP contribution in [0.5, 0.6) is 0 Å². The zero-order valence-corrected chi connectivity index (χ0v) is 4.60. The van der Waals surface area contributed by atoms with Gasteiger partial charge in [0.1, 0.15) is 5.82 Å². The third kappa shape index (κ3) is 0.598. The molecule has 4 heteroatoms. The lowest BCUT2D eigenvalue weighted by molar-refractivity contribution is 1.09. The number of rotatable bonds is 1. The predicted molar refractivity (Wildman–Crippen MR) is 32.5 cm³/mol. The van der Waals surface area contributed by atoms with Gasteiger partial charge in [0, 0.05) is 7.05 Å². The van der Waals surface area contributed by atoms with Gasteiger partial charge in [0.15, 0.2) is 0 Å². The molecular formula is C4H8N4. The Morgan fingerprint density at radius 3 is 2.88 bits per heavy atom. The zero-order valence-electron chi connectivity index (χ0n) is 4.60. The minimum Gasteiger partial charge on any atom is -0.394 e. The van der Waals surface area contributed by atoms with Gasteiger partial charge in [-0.05, 0) is 0 Å². The third-order valence-corrected chi connectivity index (χ3v) is 0.919. The third-order valence-electron chi connectivity index (χ3n) is 0.919. The molecule has 0 aliphatic carbocycles. The van der Waals surface area contributed by atoms with Gasteiger partial charge in [-0.3, -0.25) is 5.10 Å². The SMILES string of the molecule is CNc1[nH]ncc1N. The Balaban J connectivity index is 2.92. The molecule has 0 saturated heterocycles. The van der Waals surface area contributed by atoms with E-state index in [2.05, 4.69) is 15.5 Å². The van der Waals surface area contributed by atoms with Crippen molar-refractivity contribution in [2.75, 3.05) is 18.1 Å². The van der Waals surface area contributed by atoms with E-state index in [4.69, 9.17) is 5.73 Å². The predicted octanol–water partition coefficient (Wildman–Crippen LogP) is 0.0336. The molecule has 0 unspecified atom stereocenters. The fourth-order valence-electron chi connectivity index (χ4n) is 0.496. The Kier molecular flexibility index (Phi) is 1.07. The van der Waals surface area contributed by atoms with Crippen LogP contribution in [0.4, 0.5) is 11.5 Å². The van der Waals surface area contributed by atoms with Crippen LogP contribution in [0.2, 0.25) is 0 Å². The molecule has 0 amide bonds. The van der Waals surface area contributed by atoms with Gasteiger partial charge < -0.3 is 11.1 Å². The molecule has 0 fully saturated rings. The molecule has 0 aromatic carbocycles. The van der Waals surface area contributed by atoms with E-state index in [1.54, 1.807) is 13.2 Å². The number of aromatic nitrogens is 2. The van der Waals surface area contributed by atoms with Crippen molar-refractivity contribution < 1.29 is 0 Å². The lowest BCUT2D eigenvalue weighted by atomic mass is 10.5. The van der Waals surface area contributed by atoms with Gasteiger partial charge in [-0.2, -0.15) is 5.10 Å². The molecule has 1 aromatic heterocycles. The summed E-state index contributed by atoms with van der Waals surface area (Å²) >= 11 is 0. The summed E-state index contributed by atoms with van der Waals surface area (Å²) in [5.74, 6) is 0.769. The van der Waals surface area contributed by atoms with Crippen molar-refractivity contribution >= 4 is 11.5 Å². The van der Waals surface area contributed by atoms with E-state index in [0.717, 1.165) is 5.82 Å². The number of nitrogen functional groups attached to an aromatic ring is 1. The number of nitrogens with two attached hydrogens (primary N) is 1. The molecule has 4 N–H and O–H groups in total. The lowest BCUT2D eigenvalue weighted by Crippen LogP contribution is -1.92. The lowest BCUT2D eigenvalue weighted by Gasteiger charge is -1.91. The first-order chi connectivity index (χ1) is 3.84. The number of aromatic amines is 1. The standard InChI is InChI=1S/C4H8N4/c1-6-4-3(5)2-7-8-4/h2H,5H2,1H3,(H2,6,7,8). The van der Waals surface area contributed by atoms with Gasteiger partial charge in [-0.15, -0.1) is 0 Å². The Morgan fingerprint density at radius 2 is 2.62 bits per heavy atom. The highest BCUT2D eigenvalue weighted by molar-refractivity contribution is 5.58. The van der Waals surface area contributed by atoms with Crippen molar-refractivity contribution in [2.45, 2.75) is 0 Å². The monoisotopic (exact) mass is 112 g/mol. The molecule has 1 rings (SSSR count). The Morgan fingerprint density at radius 1 is 1.88 bits per heavy atom. The topological polar surface area (TPSA) is 66.7 Å². The van der Waals surface area contributed by atoms with Crippen LogP contribution in [0.1, 0.15) is 0 Å². The van der Waals surface area contributed by atoms with Crippen LogP contribution in [0, 0.1) is 0 Å². The summed E-state index contributed by atoms with van der Waals surface area (Å²) < 4.78 is 0. The van der Waals surface area contributed by atoms with E-state index in [1.807, 2.05) is 0 Å². The summed E-state index contributed by atoms with van der Waals surface area (Å²) in [6.45, 7) is 0. The molecule has 0 atom stereocenters. The zero-order chi connectivity index (χ0) is 5.98.